The van der Waals surface area contributed by atoms with Crippen molar-refractivity contribution in [1.82, 2.24) is 0 Å². The summed E-state index contributed by atoms with van der Waals surface area (Å²) in [5, 5.41) is 10.1. The highest BCUT2D eigenvalue weighted by atomic mass is 32.2. The van der Waals surface area contributed by atoms with E-state index in [1.165, 1.54) is 6.07 Å². The van der Waals surface area contributed by atoms with Gasteiger partial charge in [-0.3, -0.25) is 0 Å². The van der Waals surface area contributed by atoms with Gasteiger partial charge in [0.1, 0.15) is 0 Å². The van der Waals surface area contributed by atoms with E-state index in [1.807, 2.05) is 4.90 Å². The van der Waals surface area contributed by atoms with Crippen LogP contribution in [-0.4, -0.2) is 38.5 Å². The van der Waals surface area contributed by atoms with Crippen LogP contribution in [0.2, 0.25) is 0 Å². The summed E-state index contributed by atoms with van der Waals surface area (Å²) in [4.78, 5) is 2.22. The van der Waals surface area contributed by atoms with Gasteiger partial charge in [0.15, 0.2) is 9.84 Å². The summed E-state index contributed by atoms with van der Waals surface area (Å²) in [6.07, 6.45) is 2.82. The van der Waals surface area contributed by atoms with Crippen molar-refractivity contribution >= 4 is 21.2 Å². The molecule has 106 valence electrons. The van der Waals surface area contributed by atoms with E-state index < -0.39 is 15.4 Å². The van der Waals surface area contributed by atoms with Gasteiger partial charge in [-0.2, -0.15) is 0 Å². The van der Waals surface area contributed by atoms with Crippen molar-refractivity contribution in [2.24, 2.45) is 0 Å². The van der Waals surface area contributed by atoms with Crippen LogP contribution < -0.4 is 10.6 Å². The van der Waals surface area contributed by atoms with Crippen molar-refractivity contribution in [2.45, 2.75) is 30.3 Å². The van der Waals surface area contributed by atoms with Gasteiger partial charge in [-0.15, -0.1) is 0 Å². The fourth-order valence-corrected chi connectivity index (χ4v) is 3.13. The third-order valence-electron chi connectivity index (χ3n) is 3.44. The normalized spacial score (nSPS) is 24.5. The second-order valence-electron chi connectivity index (χ2n) is 5.51. The third kappa shape index (κ3) is 3.19. The van der Waals surface area contributed by atoms with Crippen molar-refractivity contribution in [3.05, 3.63) is 18.2 Å². The number of piperidine rings is 1. The molecule has 1 aromatic carbocycles. The Kier molecular flexibility index (Phi) is 3.49. The Hall–Kier alpha value is -1.27. The Bertz CT molecular complexity index is 582. The number of rotatable bonds is 2. The minimum atomic E-state index is -3.24. The van der Waals surface area contributed by atoms with E-state index in [4.69, 9.17) is 5.73 Å². The molecule has 0 bridgehead atoms. The van der Waals surface area contributed by atoms with E-state index in [9.17, 15) is 13.5 Å². The first kappa shape index (κ1) is 14.1. The second-order valence-corrected chi connectivity index (χ2v) is 7.53. The van der Waals surface area contributed by atoms with Gasteiger partial charge in [0.2, 0.25) is 0 Å². The van der Waals surface area contributed by atoms with E-state index >= 15 is 0 Å². The third-order valence-corrected chi connectivity index (χ3v) is 4.55. The molecule has 0 saturated carbocycles. The van der Waals surface area contributed by atoms with Gasteiger partial charge in [0.05, 0.1) is 21.9 Å². The molecule has 1 fully saturated rings. The van der Waals surface area contributed by atoms with E-state index in [0.29, 0.717) is 12.2 Å². The van der Waals surface area contributed by atoms with Gasteiger partial charge >= 0.3 is 0 Å². The maximum atomic E-state index is 11.5. The number of nitrogens with two attached hydrogens (primary N) is 1. The number of benzene rings is 1. The van der Waals surface area contributed by atoms with Crippen LogP contribution in [0.4, 0.5) is 11.4 Å². The molecule has 1 aromatic rings. The number of sulfone groups is 1. The summed E-state index contributed by atoms with van der Waals surface area (Å²) in [6.45, 7) is 3.13. The fourth-order valence-electron chi connectivity index (χ4n) is 2.48. The lowest BCUT2D eigenvalue weighted by atomic mass is 9.94. The molecule has 0 aromatic heterocycles. The lowest BCUT2D eigenvalue weighted by Crippen LogP contribution is -2.46. The number of nitrogens with zero attached hydrogens (tertiary/aromatic N) is 1. The lowest BCUT2D eigenvalue weighted by Gasteiger charge is -2.38. The Morgan fingerprint density at radius 2 is 2.11 bits per heavy atom. The molecule has 6 heteroatoms. The van der Waals surface area contributed by atoms with E-state index in [0.717, 1.165) is 31.3 Å². The molecule has 1 heterocycles. The molecule has 1 aliphatic heterocycles. The van der Waals surface area contributed by atoms with E-state index in [1.54, 1.807) is 19.1 Å². The highest BCUT2D eigenvalue weighted by Gasteiger charge is 2.29. The number of aliphatic hydroxyl groups is 1. The lowest BCUT2D eigenvalue weighted by molar-refractivity contribution is 0.0450. The summed E-state index contributed by atoms with van der Waals surface area (Å²) in [6, 6.07) is 4.76. The van der Waals surface area contributed by atoms with Crippen molar-refractivity contribution in [2.75, 3.05) is 30.0 Å². The Morgan fingerprint density at radius 3 is 2.63 bits per heavy atom. The molecule has 1 aliphatic rings. The molecule has 1 saturated heterocycles. The SMILES string of the molecule is CC1(O)CCCN(c2ccc(S(C)(=O)=O)cc2N)C1. The Balaban J connectivity index is 2.31. The average molecular weight is 284 g/mol. The Morgan fingerprint density at radius 1 is 1.42 bits per heavy atom. The molecule has 0 radical (unpaired) electrons. The zero-order valence-electron chi connectivity index (χ0n) is 11.3. The number of hydrogen-bond donors (Lipinski definition) is 2. The topological polar surface area (TPSA) is 83.6 Å². The zero-order valence-corrected chi connectivity index (χ0v) is 12.1. The van der Waals surface area contributed by atoms with Gasteiger partial charge in [-0.25, -0.2) is 8.42 Å². The molecular weight excluding hydrogens is 264 g/mol. The van der Waals surface area contributed by atoms with E-state index in [-0.39, 0.29) is 4.90 Å². The largest absolute Gasteiger partial charge is 0.397 e. The summed E-state index contributed by atoms with van der Waals surface area (Å²) in [5.41, 5.74) is 6.44. The summed E-state index contributed by atoms with van der Waals surface area (Å²) in [5.74, 6) is 0. The second kappa shape index (κ2) is 4.68. The smallest absolute Gasteiger partial charge is 0.175 e. The highest BCUT2D eigenvalue weighted by molar-refractivity contribution is 7.90. The van der Waals surface area contributed by atoms with Gasteiger partial charge in [-0.05, 0) is 38.0 Å². The van der Waals surface area contributed by atoms with Crippen LogP contribution in [0, 0.1) is 0 Å². The summed E-state index contributed by atoms with van der Waals surface area (Å²) in [7, 11) is -3.24. The number of β-amino-alcohol motifs (C(OH)–C–C–N with tert-alkyl or cyclic N) is 1. The number of nitrogen functional groups attached to an aromatic ring is 1. The molecule has 0 amide bonds. The van der Waals surface area contributed by atoms with Gasteiger partial charge < -0.3 is 15.7 Å². The molecule has 2 rings (SSSR count). The van der Waals surface area contributed by atoms with Crippen molar-refractivity contribution in [3.63, 3.8) is 0 Å². The number of anilines is 2. The van der Waals surface area contributed by atoms with Crippen molar-refractivity contribution < 1.29 is 13.5 Å². The minimum Gasteiger partial charge on any atom is -0.397 e. The van der Waals surface area contributed by atoms with Crippen LogP contribution in [0.25, 0.3) is 0 Å². The molecule has 0 spiro atoms. The molecule has 1 atom stereocenters. The zero-order chi connectivity index (χ0) is 14.3. The number of hydrogen-bond acceptors (Lipinski definition) is 5. The van der Waals surface area contributed by atoms with Crippen LogP contribution in [0.15, 0.2) is 23.1 Å². The van der Waals surface area contributed by atoms with Crippen molar-refractivity contribution in [3.8, 4) is 0 Å². The van der Waals surface area contributed by atoms with Crippen LogP contribution in [0.5, 0.6) is 0 Å². The van der Waals surface area contributed by atoms with Gasteiger partial charge in [-0.1, -0.05) is 0 Å². The maximum absolute atomic E-state index is 11.5. The molecule has 3 N–H and O–H groups in total. The highest BCUT2D eigenvalue weighted by Crippen LogP contribution is 2.31. The van der Waals surface area contributed by atoms with Gasteiger partial charge in [0, 0.05) is 19.3 Å². The molecule has 5 nitrogen and oxygen atoms in total. The first-order valence-electron chi connectivity index (χ1n) is 6.26. The summed E-state index contributed by atoms with van der Waals surface area (Å²) < 4.78 is 22.9. The van der Waals surface area contributed by atoms with E-state index in [2.05, 4.69) is 0 Å². The maximum Gasteiger partial charge on any atom is 0.175 e. The first-order valence-corrected chi connectivity index (χ1v) is 8.15. The molecule has 0 aliphatic carbocycles. The summed E-state index contributed by atoms with van der Waals surface area (Å²) >= 11 is 0. The van der Waals surface area contributed by atoms with Crippen LogP contribution in [0.1, 0.15) is 19.8 Å². The van der Waals surface area contributed by atoms with Crippen LogP contribution in [-0.2, 0) is 9.84 Å². The standard InChI is InChI=1S/C13H20N2O3S/c1-13(16)6-3-7-15(9-13)12-5-4-10(8-11(12)14)19(2,17)18/h4-5,8,16H,3,6-7,9,14H2,1-2H3. The average Bonchev–Trinajstić information content (AvgIpc) is 2.26. The molecular formula is C13H20N2O3S. The quantitative estimate of drug-likeness (QED) is 0.792. The fraction of sp³-hybridized carbons (Fsp3) is 0.538. The predicted octanol–water partition coefficient (Wildman–Crippen LogP) is 1.02. The van der Waals surface area contributed by atoms with Crippen LogP contribution >= 0.6 is 0 Å². The predicted molar refractivity (Wildman–Crippen MR) is 76.0 cm³/mol. The van der Waals surface area contributed by atoms with Gasteiger partial charge in [0.25, 0.3) is 0 Å². The molecule has 1 unspecified atom stereocenters. The van der Waals surface area contributed by atoms with Crippen LogP contribution in [0.3, 0.4) is 0 Å². The Labute approximate surface area is 113 Å². The minimum absolute atomic E-state index is 0.220. The van der Waals surface area contributed by atoms with Crippen molar-refractivity contribution in [1.29, 1.82) is 0 Å². The monoisotopic (exact) mass is 284 g/mol. The molecule has 19 heavy (non-hydrogen) atoms. The first-order chi connectivity index (χ1) is 8.69.